The minimum atomic E-state index is -0.791. The monoisotopic (exact) mass is 592 g/mol. The molecule has 2 aliphatic heterocycles. The van der Waals surface area contributed by atoms with Crippen molar-refractivity contribution in [3.05, 3.63) is 48.0 Å². The molecule has 0 bridgehead atoms. The molecule has 2 aromatic rings. The Morgan fingerprint density at radius 1 is 0.775 bits per heavy atom. The van der Waals surface area contributed by atoms with Gasteiger partial charge in [0.1, 0.15) is 45.1 Å². The first-order valence-corrected chi connectivity index (χ1v) is 14.2. The molecule has 214 valence electrons. The summed E-state index contributed by atoms with van der Waals surface area (Å²) in [5, 5.41) is 41.9. The van der Waals surface area contributed by atoms with Gasteiger partial charge in [-0.1, -0.05) is 0 Å². The van der Waals surface area contributed by atoms with Crippen LogP contribution in [-0.4, -0.2) is 126 Å². The van der Waals surface area contributed by atoms with Crippen LogP contribution in [0.25, 0.3) is 0 Å². The summed E-state index contributed by atoms with van der Waals surface area (Å²) in [5.41, 5.74) is 0.595. The van der Waals surface area contributed by atoms with E-state index in [9.17, 15) is 30.2 Å². The van der Waals surface area contributed by atoms with E-state index in [0.717, 1.165) is 0 Å². The SMILES string of the molecule is O=C([C@H]1CSC(c2ncccc2O)=N1)N(O)CCOCCOCCN(O)C(=O)[C@H]1CSC(c2ncccc2O)=N1. The zero-order chi connectivity index (χ0) is 28.5. The molecule has 2 aliphatic rings. The van der Waals surface area contributed by atoms with Crippen LogP contribution in [0.3, 0.4) is 0 Å². The van der Waals surface area contributed by atoms with Crippen molar-refractivity contribution in [3.8, 4) is 11.5 Å². The lowest BCUT2D eigenvalue weighted by Gasteiger charge is -2.18. The van der Waals surface area contributed by atoms with Gasteiger partial charge in [0.05, 0.1) is 39.5 Å². The van der Waals surface area contributed by atoms with Gasteiger partial charge in [-0.2, -0.15) is 0 Å². The van der Waals surface area contributed by atoms with E-state index in [-0.39, 0.29) is 51.0 Å². The van der Waals surface area contributed by atoms with Crippen molar-refractivity contribution in [1.82, 2.24) is 20.1 Å². The highest BCUT2D eigenvalue weighted by molar-refractivity contribution is 8.15. The number of aromatic hydroxyl groups is 2. The second-order valence-electron chi connectivity index (χ2n) is 8.41. The minimum Gasteiger partial charge on any atom is -0.506 e. The van der Waals surface area contributed by atoms with E-state index in [1.165, 1.54) is 48.1 Å². The van der Waals surface area contributed by atoms with Crippen LogP contribution in [-0.2, 0) is 19.1 Å². The van der Waals surface area contributed by atoms with Crippen LogP contribution in [0, 0.1) is 0 Å². The summed E-state index contributed by atoms with van der Waals surface area (Å²) in [5.74, 6) is -0.590. The van der Waals surface area contributed by atoms with Gasteiger partial charge < -0.3 is 19.7 Å². The van der Waals surface area contributed by atoms with Gasteiger partial charge in [0.15, 0.2) is 0 Å². The van der Waals surface area contributed by atoms with Gasteiger partial charge >= 0.3 is 0 Å². The van der Waals surface area contributed by atoms with Gasteiger partial charge in [0.25, 0.3) is 11.8 Å². The molecule has 0 radical (unpaired) electrons. The average molecular weight is 593 g/mol. The van der Waals surface area contributed by atoms with Crippen molar-refractivity contribution in [3.63, 3.8) is 0 Å². The summed E-state index contributed by atoms with van der Waals surface area (Å²) in [6, 6.07) is 4.56. The van der Waals surface area contributed by atoms with Crippen LogP contribution in [0.4, 0.5) is 0 Å². The highest BCUT2D eigenvalue weighted by atomic mass is 32.2. The van der Waals surface area contributed by atoms with E-state index in [2.05, 4.69) is 20.0 Å². The first kappa shape index (κ1) is 29.7. The Morgan fingerprint density at radius 2 is 1.20 bits per heavy atom. The molecule has 4 heterocycles. The Balaban J connectivity index is 1.08. The van der Waals surface area contributed by atoms with Gasteiger partial charge in [-0.05, 0) is 24.3 Å². The summed E-state index contributed by atoms with van der Waals surface area (Å²) in [4.78, 5) is 41.6. The second-order valence-corrected chi connectivity index (χ2v) is 10.4. The van der Waals surface area contributed by atoms with Gasteiger partial charge in [0, 0.05) is 23.9 Å². The van der Waals surface area contributed by atoms with Crippen LogP contribution in [0.1, 0.15) is 11.4 Å². The molecule has 0 saturated carbocycles. The summed E-state index contributed by atoms with van der Waals surface area (Å²) < 4.78 is 10.7. The van der Waals surface area contributed by atoms with Gasteiger partial charge in [0.2, 0.25) is 0 Å². The fourth-order valence-electron chi connectivity index (χ4n) is 3.57. The number of hydroxylamine groups is 4. The third kappa shape index (κ3) is 7.67. The highest BCUT2D eigenvalue weighted by Crippen LogP contribution is 2.28. The molecule has 4 N–H and O–H groups in total. The lowest BCUT2D eigenvalue weighted by Crippen LogP contribution is -2.38. The third-order valence-electron chi connectivity index (χ3n) is 5.63. The van der Waals surface area contributed by atoms with Gasteiger partial charge in [-0.3, -0.25) is 40.0 Å². The fourth-order valence-corrected chi connectivity index (χ4v) is 5.63. The number of ether oxygens (including phenoxy) is 2. The molecule has 0 saturated heterocycles. The normalized spacial score (nSPS) is 18.4. The summed E-state index contributed by atoms with van der Waals surface area (Å²) in [6.45, 7) is 0.302. The van der Waals surface area contributed by atoms with Crippen molar-refractivity contribution in [2.24, 2.45) is 9.98 Å². The first-order chi connectivity index (χ1) is 19.3. The first-order valence-electron chi connectivity index (χ1n) is 12.2. The maximum absolute atomic E-state index is 12.4. The molecule has 2 amide bonds. The Kier molecular flexibility index (Phi) is 10.7. The lowest BCUT2D eigenvalue weighted by atomic mass is 10.3. The topological polar surface area (TPSA) is 190 Å². The molecule has 4 rings (SSSR count). The van der Waals surface area contributed by atoms with Crippen LogP contribution >= 0.6 is 23.5 Å². The largest absolute Gasteiger partial charge is 0.506 e. The molecule has 40 heavy (non-hydrogen) atoms. The molecule has 0 aromatic carbocycles. The molecule has 0 spiro atoms. The molecule has 2 atom stereocenters. The Morgan fingerprint density at radius 3 is 1.60 bits per heavy atom. The number of aliphatic imine (C=N–C) groups is 2. The zero-order valence-corrected chi connectivity index (χ0v) is 22.8. The van der Waals surface area contributed by atoms with Gasteiger partial charge in [-0.15, -0.1) is 23.5 Å². The standard InChI is InChI=1S/C24H28N6O8S2/c31-17-3-1-5-25-19(17)21-27-15(13-39-21)23(33)29(35)7-9-37-11-12-38-10-8-30(36)24(34)16-14-40-22(28-16)20-18(32)4-2-6-26-20/h1-6,15-16,31-32,35-36H,7-14H2/t15-,16-/m1/s1. The zero-order valence-electron chi connectivity index (χ0n) is 21.2. The van der Waals surface area contributed by atoms with Crippen molar-refractivity contribution >= 4 is 45.4 Å². The van der Waals surface area contributed by atoms with Crippen molar-refractivity contribution in [2.45, 2.75) is 12.1 Å². The minimum absolute atomic E-state index is 0.0317. The summed E-state index contributed by atoms with van der Waals surface area (Å²) in [7, 11) is 0. The molecular formula is C24H28N6O8S2. The van der Waals surface area contributed by atoms with Crippen molar-refractivity contribution < 1.29 is 39.7 Å². The van der Waals surface area contributed by atoms with E-state index < -0.39 is 23.9 Å². The summed E-state index contributed by atoms with van der Waals surface area (Å²) >= 11 is 2.55. The third-order valence-corrected chi connectivity index (χ3v) is 7.73. The number of thioether (sulfide) groups is 2. The van der Waals surface area contributed by atoms with Crippen LogP contribution in [0.5, 0.6) is 11.5 Å². The highest BCUT2D eigenvalue weighted by Gasteiger charge is 2.31. The van der Waals surface area contributed by atoms with E-state index in [1.54, 1.807) is 12.1 Å². The second kappa shape index (κ2) is 14.4. The number of amides is 2. The Hall–Kier alpha value is -3.28. The van der Waals surface area contributed by atoms with Gasteiger partial charge in [-0.25, -0.2) is 10.1 Å². The number of aromatic nitrogens is 2. The number of nitrogens with zero attached hydrogens (tertiary/aromatic N) is 6. The Bertz CT molecular complexity index is 1170. The van der Waals surface area contributed by atoms with E-state index in [0.29, 0.717) is 43.1 Å². The van der Waals surface area contributed by atoms with E-state index in [4.69, 9.17) is 9.47 Å². The molecule has 14 nitrogen and oxygen atoms in total. The molecular weight excluding hydrogens is 564 g/mol. The molecule has 0 aliphatic carbocycles. The number of pyridine rings is 2. The van der Waals surface area contributed by atoms with Crippen LogP contribution < -0.4 is 0 Å². The maximum Gasteiger partial charge on any atom is 0.271 e. The number of rotatable bonds is 13. The molecule has 0 unspecified atom stereocenters. The number of hydrogen-bond donors (Lipinski definition) is 4. The van der Waals surface area contributed by atoms with E-state index in [1.807, 2.05) is 0 Å². The molecule has 16 heteroatoms. The molecule has 0 fully saturated rings. The smallest absolute Gasteiger partial charge is 0.271 e. The number of carbonyl (C=O) groups excluding carboxylic acids is 2. The van der Waals surface area contributed by atoms with Crippen LogP contribution in [0.2, 0.25) is 0 Å². The summed E-state index contributed by atoms with van der Waals surface area (Å²) in [6.07, 6.45) is 3.04. The van der Waals surface area contributed by atoms with Crippen molar-refractivity contribution in [2.75, 3.05) is 51.0 Å². The lowest BCUT2D eigenvalue weighted by molar-refractivity contribution is -0.170. The van der Waals surface area contributed by atoms with Crippen molar-refractivity contribution in [1.29, 1.82) is 0 Å². The number of carbonyl (C=O) groups is 2. The predicted octanol–water partition coefficient (Wildman–Crippen LogP) is 0.781. The average Bonchev–Trinajstić information content (AvgIpc) is 3.65. The molecule has 2 aromatic heterocycles. The Labute approximate surface area is 237 Å². The van der Waals surface area contributed by atoms with E-state index >= 15 is 0 Å². The van der Waals surface area contributed by atoms with Crippen LogP contribution in [0.15, 0.2) is 46.6 Å². The quantitative estimate of drug-likeness (QED) is 0.145. The predicted molar refractivity (Wildman–Crippen MR) is 146 cm³/mol. The number of hydrogen-bond acceptors (Lipinski definition) is 14. The fraction of sp³-hybridized carbons (Fsp3) is 0.417. The maximum atomic E-state index is 12.4.